The van der Waals surface area contributed by atoms with Crippen LogP contribution >= 0.6 is 0 Å². The van der Waals surface area contributed by atoms with Crippen LogP contribution in [0.1, 0.15) is 71.6 Å². The molecular formula is C15H29NO. The van der Waals surface area contributed by atoms with Crippen LogP contribution in [-0.2, 0) is 4.74 Å². The molecule has 1 N–H and O–H groups in total. The highest BCUT2D eigenvalue weighted by molar-refractivity contribution is 4.96. The molecule has 2 rings (SSSR count). The summed E-state index contributed by atoms with van der Waals surface area (Å²) < 4.78 is 5.97. The molecule has 0 aromatic rings. The maximum absolute atomic E-state index is 5.97. The largest absolute Gasteiger partial charge is 0.375 e. The van der Waals surface area contributed by atoms with Crippen LogP contribution in [0.5, 0.6) is 0 Å². The number of ether oxygens (including phenoxy) is 1. The van der Waals surface area contributed by atoms with Gasteiger partial charge < -0.3 is 10.1 Å². The molecular weight excluding hydrogens is 210 g/mol. The Hall–Kier alpha value is -0.0800. The van der Waals surface area contributed by atoms with E-state index >= 15 is 0 Å². The first-order chi connectivity index (χ1) is 8.24. The van der Waals surface area contributed by atoms with Crippen LogP contribution in [0.2, 0.25) is 0 Å². The normalized spacial score (nSPS) is 28.9. The van der Waals surface area contributed by atoms with Gasteiger partial charge in [-0.15, -0.1) is 0 Å². The van der Waals surface area contributed by atoms with E-state index < -0.39 is 0 Å². The maximum atomic E-state index is 5.97. The second-order valence-electron chi connectivity index (χ2n) is 6.14. The molecule has 0 bridgehead atoms. The summed E-state index contributed by atoms with van der Waals surface area (Å²) in [5, 5.41) is 3.82. The molecule has 2 aliphatic rings. The summed E-state index contributed by atoms with van der Waals surface area (Å²) in [6, 6.07) is 1.39. The van der Waals surface area contributed by atoms with Crippen molar-refractivity contribution in [3.63, 3.8) is 0 Å². The Morgan fingerprint density at radius 1 is 1.35 bits per heavy atom. The highest BCUT2D eigenvalue weighted by Gasteiger charge is 2.42. The standard InChI is InChI=1S/C15H29NO/c1-3-4-5-7-13(2)16-14-8-11-17-15(12-14)9-6-10-15/h13-14,16H,3-12H2,1-2H3. The lowest BCUT2D eigenvalue weighted by Crippen LogP contribution is -2.52. The molecule has 1 saturated heterocycles. The Bertz CT molecular complexity index is 225. The van der Waals surface area contributed by atoms with Crippen molar-refractivity contribution in [1.82, 2.24) is 5.32 Å². The molecule has 17 heavy (non-hydrogen) atoms. The fourth-order valence-electron chi connectivity index (χ4n) is 3.28. The Morgan fingerprint density at radius 2 is 2.18 bits per heavy atom. The molecule has 0 amide bonds. The molecule has 2 nitrogen and oxygen atoms in total. The third-order valence-corrected chi connectivity index (χ3v) is 4.52. The van der Waals surface area contributed by atoms with E-state index in [1.807, 2.05) is 0 Å². The minimum Gasteiger partial charge on any atom is -0.375 e. The molecule has 2 heteroatoms. The van der Waals surface area contributed by atoms with Crippen molar-refractivity contribution in [1.29, 1.82) is 0 Å². The zero-order valence-corrected chi connectivity index (χ0v) is 11.6. The molecule has 0 aromatic carbocycles. The topological polar surface area (TPSA) is 21.3 Å². The Labute approximate surface area is 107 Å². The maximum Gasteiger partial charge on any atom is 0.0697 e. The smallest absolute Gasteiger partial charge is 0.0697 e. The van der Waals surface area contributed by atoms with Crippen molar-refractivity contribution in [2.45, 2.75) is 89.3 Å². The third-order valence-electron chi connectivity index (χ3n) is 4.52. The van der Waals surface area contributed by atoms with Gasteiger partial charge in [-0.1, -0.05) is 26.2 Å². The van der Waals surface area contributed by atoms with Crippen molar-refractivity contribution in [3.8, 4) is 0 Å². The average Bonchev–Trinajstić information content (AvgIpc) is 2.28. The van der Waals surface area contributed by atoms with Gasteiger partial charge in [-0.2, -0.15) is 0 Å². The number of rotatable bonds is 6. The minimum absolute atomic E-state index is 0.291. The van der Waals surface area contributed by atoms with Crippen molar-refractivity contribution in [2.24, 2.45) is 0 Å². The van der Waals surface area contributed by atoms with E-state index in [2.05, 4.69) is 19.2 Å². The van der Waals surface area contributed by atoms with Crippen LogP contribution in [-0.4, -0.2) is 24.3 Å². The van der Waals surface area contributed by atoms with Crippen molar-refractivity contribution in [2.75, 3.05) is 6.61 Å². The minimum atomic E-state index is 0.291. The Balaban J connectivity index is 1.67. The van der Waals surface area contributed by atoms with Crippen molar-refractivity contribution in [3.05, 3.63) is 0 Å². The van der Waals surface area contributed by atoms with Crippen LogP contribution in [0.15, 0.2) is 0 Å². The fraction of sp³-hybridized carbons (Fsp3) is 1.00. The van der Waals surface area contributed by atoms with Crippen molar-refractivity contribution < 1.29 is 4.74 Å². The van der Waals surface area contributed by atoms with Gasteiger partial charge >= 0.3 is 0 Å². The second kappa shape index (κ2) is 6.19. The van der Waals surface area contributed by atoms with Crippen molar-refractivity contribution >= 4 is 0 Å². The summed E-state index contributed by atoms with van der Waals surface area (Å²) in [6.07, 6.45) is 11.8. The lowest BCUT2D eigenvalue weighted by molar-refractivity contribution is -0.136. The number of hydrogen-bond donors (Lipinski definition) is 1. The van der Waals surface area contributed by atoms with E-state index in [9.17, 15) is 0 Å². The van der Waals surface area contributed by atoms with Crippen LogP contribution in [0.25, 0.3) is 0 Å². The number of hydrogen-bond acceptors (Lipinski definition) is 2. The molecule has 1 aliphatic heterocycles. The van der Waals surface area contributed by atoms with Crippen LogP contribution in [0.4, 0.5) is 0 Å². The lowest BCUT2D eigenvalue weighted by Gasteiger charge is -2.47. The predicted octanol–water partition coefficient (Wildman–Crippen LogP) is 3.65. The summed E-state index contributed by atoms with van der Waals surface area (Å²) in [4.78, 5) is 0. The molecule has 0 radical (unpaired) electrons. The van der Waals surface area contributed by atoms with E-state index in [1.165, 1.54) is 57.8 Å². The average molecular weight is 239 g/mol. The summed E-state index contributed by atoms with van der Waals surface area (Å²) >= 11 is 0. The highest BCUT2D eigenvalue weighted by atomic mass is 16.5. The second-order valence-corrected chi connectivity index (χ2v) is 6.14. The van der Waals surface area contributed by atoms with Crippen LogP contribution < -0.4 is 5.32 Å². The molecule has 2 atom stereocenters. The molecule has 2 fully saturated rings. The SMILES string of the molecule is CCCCCC(C)NC1CCOC2(CCC2)C1. The van der Waals surface area contributed by atoms with Gasteiger partial charge in [0.25, 0.3) is 0 Å². The van der Waals surface area contributed by atoms with Gasteiger partial charge in [-0.25, -0.2) is 0 Å². The van der Waals surface area contributed by atoms with Gasteiger partial charge in [0.2, 0.25) is 0 Å². The third kappa shape index (κ3) is 3.69. The van der Waals surface area contributed by atoms with E-state index in [0.717, 1.165) is 6.61 Å². The zero-order valence-electron chi connectivity index (χ0n) is 11.6. The lowest BCUT2D eigenvalue weighted by atomic mass is 9.74. The van der Waals surface area contributed by atoms with Gasteiger partial charge in [0.15, 0.2) is 0 Å². The summed E-state index contributed by atoms with van der Waals surface area (Å²) in [7, 11) is 0. The summed E-state index contributed by atoms with van der Waals surface area (Å²) in [5.74, 6) is 0. The van der Waals surface area contributed by atoms with E-state index in [-0.39, 0.29) is 0 Å². The molecule has 1 spiro atoms. The van der Waals surface area contributed by atoms with E-state index in [0.29, 0.717) is 17.7 Å². The molecule has 2 unspecified atom stereocenters. The van der Waals surface area contributed by atoms with Gasteiger partial charge in [-0.3, -0.25) is 0 Å². The first-order valence-corrected chi connectivity index (χ1v) is 7.64. The van der Waals surface area contributed by atoms with Gasteiger partial charge in [0, 0.05) is 18.7 Å². The molecule has 1 heterocycles. The quantitative estimate of drug-likeness (QED) is 0.714. The van der Waals surface area contributed by atoms with Crippen LogP contribution in [0.3, 0.4) is 0 Å². The fourth-order valence-corrected chi connectivity index (χ4v) is 3.28. The van der Waals surface area contributed by atoms with Gasteiger partial charge in [0.1, 0.15) is 0 Å². The van der Waals surface area contributed by atoms with E-state index in [1.54, 1.807) is 0 Å². The molecule has 1 aliphatic carbocycles. The first kappa shape index (κ1) is 13.4. The monoisotopic (exact) mass is 239 g/mol. The molecule has 100 valence electrons. The number of unbranched alkanes of at least 4 members (excludes halogenated alkanes) is 2. The Morgan fingerprint density at radius 3 is 2.82 bits per heavy atom. The predicted molar refractivity (Wildman–Crippen MR) is 72.3 cm³/mol. The van der Waals surface area contributed by atoms with Gasteiger partial charge in [-0.05, 0) is 45.4 Å². The molecule has 0 aromatic heterocycles. The first-order valence-electron chi connectivity index (χ1n) is 7.64. The Kier molecular flexibility index (Phi) is 4.87. The summed E-state index contributed by atoms with van der Waals surface area (Å²) in [6.45, 7) is 5.59. The number of nitrogens with one attached hydrogen (secondary N) is 1. The zero-order chi connectivity index (χ0) is 12.1. The summed E-state index contributed by atoms with van der Waals surface area (Å²) in [5.41, 5.74) is 0.291. The van der Waals surface area contributed by atoms with E-state index in [4.69, 9.17) is 4.74 Å². The van der Waals surface area contributed by atoms with Crippen LogP contribution in [0, 0.1) is 0 Å². The van der Waals surface area contributed by atoms with Gasteiger partial charge in [0.05, 0.1) is 5.60 Å². The molecule has 1 saturated carbocycles. The highest BCUT2D eigenvalue weighted by Crippen LogP contribution is 2.42.